The van der Waals surface area contributed by atoms with Crippen LogP contribution in [0, 0.1) is 0 Å². The number of hydrogen-bond acceptors (Lipinski definition) is 4. The van der Waals surface area contributed by atoms with Crippen LogP contribution in [0.15, 0.2) is 42.2 Å². The highest BCUT2D eigenvalue weighted by Gasteiger charge is 2.37. The summed E-state index contributed by atoms with van der Waals surface area (Å²) in [6.07, 6.45) is 2.44. The van der Waals surface area contributed by atoms with Gasteiger partial charge in [0.05, 0.1) is 7.11 Å². The highest BCUT2D eigenvalue weighted by atomic mass is 16.7. The highest BCUT2D eigenvalue weighted by Crippen LogP contribution is 2.37. The monoisotopic (exact) mass is 262 g/mol. The molecule has 102 valence electrons. The Kier molecular flexibility index (Phi) is 3.90. The Bertz CT molecular complexity index is 480. The fourth-order valence-electron chi connectivity index (χ4n) is 2.20. The number of carbonyl (C=O) groups excluding carboxylic acids is 1. The number of hydrogen-bond donors (Lipinski definition) is 0. The van der Waals surface area contributed by atoms with Crippen molar-refractivity contribution in [1.29, 1.82) is 0 Å². The van der Waals surface area contributed by atoms with Crippen LogP contribution in [-0.2, 0) is 19.0 Å². The lowest BCUT2D eigenvalue weighted by atomic mass is 9.89. The summed E-state index contributed by atoms with van der Waals surface area (Å²) in [4.78, 5) is 11.7. The number of rotatable bonds is 3. The number of benzene rings is 1. The van der Waals surface area contributed by atoms with E-state index in [1.54, 1.807) is 13.2 Å². The summed E-state index contributed by atoms with van der Waals surface area (Å²) in [6.45, 7) is 1.82. The molecule has 0 aromatic heterocycles. The first-order valence-corrected chi connectivity index (χ1v) is 6.17. The summed E-state index contributed by atoms with van der Waals surface area (Å²) in [5.41, 5.74) is 1.12. The van der Waals surface area contributed by atoms with Crippen LogP contribution in [0.25, 0.3) is 0 Å². The van der Waals surface area contributed by atoms with E-state index in [0.29, 0.717) is 6.42 Å². The smallest absolute Gasteiger partial charge is 0.373 e. The Morgan fingerprint density at radius 1 is 1.32 bits per heavy atom. The second kappa shape index (κ2) is 5.45. The summed E-state index contributed by atoms with van der Waals surface area (Å²) < 4.78 is 15.7. The van der Waals surface area contributed by atoms with Crippen molar-refractivity contribution < 1.29 is 19.0 Å². The molecule has 4 nitrogen and oxygen atoms in total. The van der Waals surface area contributed by atoms with E-state index >= 15 is 0 Å². The van der Waals surface area contributed by atoms with E-state index in [1.807, 2.05) is 37.3 Å². The predicted molar refractivity (Wildman–Crippen MR) is 70.4 cm³/mol. The number of ether oxygens (including phenoxy) is 3. The molecule has 0 amide bonds. The van der Waals surface area contributed by atoms with Crippen molar-refractivity contribution in [3.63, 3.8) is 0 Å². The molecular formula is C15H18O4. The molecule has 1 aromatic rings. The van der Waals surface area contributed by atoms with Gasteiger partial charge in [-0.05, 0) is 11.6 Å². The van der Waals surface area contributed by atoms with Crippen molar-refractivity contribution in [3.8, 4) is 0 Å². The van der Waals surface area contributed by atoms with E-state index in [2.05, 4.69) is 0 Å². The van der Waals surface area contributed by atoms with Gasteiger partial charge in [0.2, 0.25) is 11.5 Å². The maximum atomic E-state index is 11.7. The Labute approximate surface area is 113 Å². The van der Waals surface area contributed by atoms with Crippen molar-refractivity contribution in [1.82, 2.24) is 0 Å². The van der Waals surface area contributed by atoms with Gasteiger partial charge < -0.3 is 14.2 Å². The third kappa shape index (κ3) is 2.96. The maximum Gasteiger partial charge on any atom is 0.373 e. The average molecular weight is 262 g/mol. The Morgan fingerprint density at radius 2 is 2.00 bits per heavy atom. The minimum atomic E-state index is -0.821. The molecule has 1 heterocycles. The minimum Gasteiger partial charge on any atom is -0.463 e. The van der Waals surface area contributed by atoms with Crippen molar-refractivity contribution in [2.24, 2.45) is 0 Å². The van der Waals surface area contributed by atoms with Gasteiger partial charge in [-0.1, -0.05) is 30.3 Å². The van der Waals surface area contributed by atoms with Crippen molar-refractivity contribution in [2.45, 2.75) is 25.0 Å². The molecule has 19 heavy (non-hydrogen) atoms. The average Bonchev–Trinajstić information content (AvgIpc) is 2.46. The third-order valence-electron chi connectivity index (χ3n) is 3.32. The molecule has 0 aliphatic carbocycles. The molecule has 1 aliphatic heterocycles. The van der Waals surface area contributed by atoms with Gasteiger partial charge in [0, 0.05) is 26.4 Å². The molecule has 0 saturated heterocycles. The number of esters is 1. The van der Waals surface area contributed by atoms with Gasteiger partial charge in [-0.2, -0.15) is 0 Å². The standard InChI is InChI=1S/C15H18O4/c1-15(18-3)10-12(11-7-5-4-6-8-11)9-13(19-15)14(16)17-2/h4-9,12H,10H2,1-3H3/t12-,15+/m1/s1. The fourth-order valence-corrected chi connectivity index (χ4v) is 2.20. The highest BCUT2D eigenvalue weighted by molar-refractivity contribution is 5.86. The van der Waals surface area contributed by atoms with Crippen LogP contribution in [0.1, 0.15) is 24.8 Å². The summed E-state index contributed by atoms with van der Waals surface area (Å²) in [7, 11) is 2.91. The quantitative estimate of drug-likeness (QED) is 0.785. The van der Waals surface area contributed by atoms with Gasteiger partial charge in [0.25, 0.3) is 0 Å². The molecule has 0 radical (unpaired) electrons. The van der Waals surface area contributed by atoms with E-state index in [-0.39, 0.29) is 11.7 Å². The molecule has 2 rings (SSSR count). The minimum absolute atomic E-state index is 0.0639. The van der Waals surface area contributed by atoms with Gasteiger partial charge in [0.15, 0.2) is 0 Å². The molecule has 4 heteroatoms. The molecule has 0 spiro atoms. The summed E-state index contributed by atoms with van der Waals surface area (Å²) in [6, 6.07) is 9.96. The van der Waals surface area contributed by atoms with Crippen LogP contribution in [0.5, 0.6) is 0 Å². The van der Waals surface area contributed by atoms with Gasteiger partial charge in [-0.3, -0.25) is 0 Å². The van der Waals surface area contributed by atoms with E-state index in [4.69, 9.17) is 14.2 Å². The second-order valence-electron chi connectivity index (χ2n) is 4.68. The van der Waals surface area contributed by atoms with Crippen LogP contribution in [-0.4, -0.2) is 26.0 Å². The fraction of sp³-hybridized carbons (Fsp3) is 0.400. The van der Waals surface area contributed by atoms with E-state index in [1.165, 1.54) is 7.11 Å². The Hall–Kier alpha value is -1.81. The Morgan fingerprint density at radius 3 is 2.58 bits per heavy atom. The molecule has 2 atom stereocenters. The zero-order valence-corrected chi connectivity index (χ0v) is 11.4. The molecular weight excluding hydrogens is 244 g/mol. The lowest BCUT2D eigenvalue weighted by Crippen LogP contribution is -2.37. The van der Waals surface area contributed by atoms with Crippen LogP contribution in [0.4, 0.5) is 0 Å². The predicted octanol–water partition coefficient (Wildman–Crippen LogP) is 2.61. The second-order valence-corrected chi connectivity index (χ2v) is 4.68. The van der Waals surface area contributed by atoms with E-state index in [0.717, 1.165) is 5.56 Å². The van der Waals surface area contributed by atoms with Crippen molar-refractivity contribution in [3.05, 3.63) is 47.7 Å². The topological polar surface area (TPSA) is 44.8 Å². The first-order valence-electron chi connectivity index (χ1n) is 6.17. The Balaban J connectivity index is 2.35. The number of methoxy groups -OCH3 is 2. The molecule has 0 saturated carbocycles. The van der Waals surface area contributed by atoms with Gasteiger partial charge in [-0.25, -0.2) is 4.79 Å². The molecule has 1 aromatic carbocycles. The molecule has 0 fully saturated rings. The van der Waals surface area contributed by atoms with Crippen LogP contribution in [0.3, 0.4) is 0 Å². The van der Waals surface area contributed by atoms with Crippen LogP contribution in [0.2, 0.25) is 0 Å². The van der Waals surface area contributed by atoms with Gasteiger partial charge in [0.1, 0.15) is 0 Å². The van der Waals surface area contributed by atoms with Gasteiger partial charge in [-0.15, -0.1) is 0 Å². The van der Waals surface area contributed by atoms with Crippen LogP contribution >= 0.6 is 0 Å². The first-order chi connectivity index (χ1) is 9.08. The van der Waals surface area contributed by atoms with Crippen molar-refractivity contribution >= 4 is 5.97 Å². The van der Waals surface area contributed by atoms with Crippen molar-refractivity contribution in [2.75, 3.05) is 14.2 Å². The zero-order chi connectivity index (χ0) is 13.9. The summed E-state index contributed by atoms with van der Waals surface area (Å²) >= 11 is 0. The largest absolute Gasteiger partial charge is 0.463 e. The molecule has 1 aliphatic rings. The van der Waals surface area contributed by atoms with Gasteiger partial charge >= 0.3 is 5.97 Å². The number of carbonyl (C=O) groups is 1. The molecule has 0 bridgehead atoms. The SMILES string of the molecule is COC(=O)C1=C[C@@H](c2ccccc2)C[C@@](C)(OC)O1. The zero-order valence-electron chi connectivity index (χ0n) is 11.4. The third-order valence-corrected chi connectivity index (χ3v) is 3.32. The lowest BCUT2D eigenvalue weighted by molar-refractivity contribution is -0.204. The molecule has 0 N–H and O–H groups in total. The lowest BCUT2D eigenvalue weighted by Gasteiger charge is -2.36. The summed E-state index contributed by atoms with van der Waals surface area (Å²) in [5.74, 6) is -1.04. The summed E-state index contributed by atoms with van der Waals surface area (Å²) in [5, 5.41) is 0. The molecule has 0 unspecified atom stereocenters. The normalized spacial score (nSPS) is 26.3. The first kappa shape index (κ1) is 13.6. The number of allylic oxidation sites excluding steroid dienone is 1. The van der Waals surface area contributed by atoms with Crippen LogP contribution < -0.4 is 0 Å². The van der Waals surface area contributed by atoms with E-state index in [9.17, 15) is 4.79 Å². The maximum absolute atomic E-state index is 11.7. The van der Waals surface area contributed by atoms with E-state index < -0.39 is 11.8 Å².